The van der Waals surface area contributed by atoms with Gasteiger partial charge >= 0.3 is 0 Å². The van der Waals surface area contributed by atoms with E-state index in [0.717, 1.165) is 6.07 Å². The minimum absolute atomic E-state index is 0.0355. The van der Waals surface area contributed by atoms with Crippen LogP contribution in [0, 0.1) is 11.6 Å². The molecule has 0 N–H and O–H groups in total. The van der Waals surface area contributed by atoms with E-state index in [-0.39, 0.29) is 17.1 Å². The van der Waals surface area contributed by atoms with Crippen molar-refractivity contribution in [2.24, 2.45) is 5.10 Å². The molecule has 2 aromatic carbocycles. The van der Waals surface area contributed by atoms with E-state index in [2.05, 4.69) is 10.1 Å². The third-order valence-electron chi connectivity index (χ3n) is 4.60. The number of carbonyl (C=O) groups is 1. The molecule has 9 heteroatoms. The van der Waals surface area contributed by atoms with E-state index in [0.29, 0.717) is 22.1 Å². The minimum atomic E-state index is -0.654. The van der Waals surface area contributed by atoms with Gasteiger partial charge in [0.15, 0.2) is 11.6 Å². The van der Waals surface area contributed by atoms with Crippen molar-refractivity contribution in [1.29, 1.82) is 0 Å². The molecule has 0 saturated carbocycles. The Morgan fingerprint density at radius 2 is 1.84 bits per heavy atom. The Balaban J connectivity index is 1.76. The quantitative estimate of drug-likeness (QED) is 0.578. The highest BCUT2D eigenvalue weighted by molar-refractivity contribution is 8.14. The fourth-order valence-electron chi connectivity index (χ4n) is 3.09. The summed E-state index contributed by atoms with van der Waals surface area (Å²) in [6.07, 6.45) is 1.58. The molecule has 1 unspecified atom stereocenters. The van der Waals surface area contributed by atoms with Gasteiger partial charge in [0, 0.05) is 22.9 Å². The van der Waals surface area contributed by atoms with Gasteiger partial charge < -0.3 is 9.47 Å². The van der Waals surface area contributed by atoms with Gasteiger partial charge in [0.1, 0.15) is 16.2 Å². The highest BCUT2D eigenvalue weighted by Crippen LogP contribution is 2.44. The Morgan fingerprint density at radius 3 is 2.52 bits per heavy atom. The summed E-state index contributed by atoms with van der Waals surface area (Å²) in [7, 11) is 2.83. The largest absolute Gasteiger partial charge is 0.494 e. The first-order valence-electron chi connectivity index (χ1n) is 9.19. The van der Waals surface area contributed by atoms with Crippen LogP contribution >= 0.6 is 11.8 Å². The van der Waals surface area contributed by atoms with E-state index in [1.807, 2.05) is 0 Å². The smallest absolute Gasteiger partial charge is 0.275 e. The Morgan fingerprint density at radius 1 is 1.06 bits per heavy atom. The van der Waals surface area contributed by atoms with E-state index in [1.165, 1.54) is 55.3 Å². The average Bonchev–Trinajstić information content (AvgIpc) is 3.24. The lowest BCUT2D eigenvalue weighted by molar-refractivity contribution is 0.0747. The second-order valence-corrected chi connectivity index (χ2v) is 7.55. The lowest BCUT2D eigenvalue weighted by atomic mass is 10.1. The maximum Gasteiger partial charge on any atom is 0.275 e. The van der Waals surface area contributed by atoms with Crippen molar-refractivity contribution in [1.82, 2.24) is 9.99 Å². The van der Waals surface area contributed by atoms with Crippen molar-refractivity contribution >= 4 is 22.7 Å². The van der Waals surface area contributed by atoms with E-state index in [4.69, 9.17) is 9.47 Å². The molecule has 1 amide bonds. The van der Waals surface area contributed by atoms with E-state index >= 15 is 0 Å². The van der Waals surface area contributed by atoms with Gasteiger partial charge in [-0.05, 0) is 54.6 Å². The normalized spacial score (nSPS) is 15.5. The molecule has 4 rings (SSSR count). The van der Waals surface area contributed by atoms with Crippen molar-refractivity contribution in [3.63, 3.8) is 0 Å². The number of benzene rings is 2. The molecule has 3 aromatic rings. The molecule has 6 nitrogen and oxygen atoms in total. The Hall–Kier alpha value is -3.46. The Labute approximate surface area is 181 Å². The maximum atomic E-state index is 14.2. The summed E-state index contributed by atoms with van der Waals surface area (Å²) < 4.78 is 37.9. The summed E-state index contributed by atoms with van der Waals surface area (Å²) in [5, 5.41) is 5.63. The zero-order chi connectivity index (χ0) is 22.0. The van der Waals surface area contributed by atoms with Gasteiger partial charge in [-0.3, -0.25) is 4.79 Å². The fraction of sp³-hybridized carbons (Fsp3) is 0.136. The average molecular weight is 441 g/mol. The zero-order valence-electron chi connectivity index (χ0n) is 16.6. The molecule has 0 bridgehead atoms. The summed E-state index contributed by atoms with van der Waals surface area (Å²) in [6.45, 7) is 0. The molecule has 2 heterocycles. The van der Waals surface area contributed by atoms with Crippen LogP contribution < -0.4 is 9.47 Å². The SMILES string of the molecule is COc1ccc(C(=O)N2N=C(c3ccc(F)cc3)SC2c2cccnc2OC)cc1F. The van der Waals surface area contributed by atoms with Gasteiger partial charge in [-0.25, -0.2) is 18.8 Å². The maximum absolute atomic E-state index is 14.2. The van der Waals surface area contributed by atoms with Crippen molar-refractivity contribution in [2.75, 3.05) is 14.2 Å². The molecule has 0 spiro atoms. The summed E-state index contributed by atoms with van der Waals surface area (Å²) in [5.74, 6) is -1.16. The molecule has 1 aliphatic rings. The number of halogens is 2. The lowest BCUT2D eigenvalue weighted by Gasteiger charge is -2.22. The van der Waals surface area contributed by atoms with E-state index < -0.39 is 17.1 Å². The monoisotopic (exact) mass is 441 g/mol. The van der Waals surface area contributed by atoms with Gasteiger partial charge in [-0.1, -0.05) is 11.8 Å². The molecule has 31 heavy (non-hydrogen) atoms. The van der Waals surface area contributed by atoms with Gasteiger partial charge in [0.2, 0.25) is 5.88 Å². The predicted molar refractivity (Wildman–Crippen MR) is 113 cm³/mol. The number of nitrogens with zero attached hydrogens (tertiary/aromatic N) is 3. The van der Waals surface area contributed by atoms with E-state index in [9.17, 15) is 13.6 Å². The molecular formula is C22H17F2N3O3S. The number of thioether (sulfide) groups is 1. The number of hydrazone groups is 1. The lowest BCUT2D eigenvalue weighted by Crippen LogP contribution is -2.26. The third-order valence-corrected chi connectivity index (χ3v) is 5.82. The highest BCUT2D eigenvalue weighted by atomic mass is 32.2. The van der Waals surface area contributed by atoms with Crippen LogP contribution in [0.1, 0.15) is 26.9 Å². The standard InChI is InChI=1S/C22H17F2N3O3S/c1-29-18-10-7-14(12-17(18)24)21(28)27-22(16-4-3-11-25-19(16)30-2)31-20(26-27)13-5-8-15(23)9-6-13/h3-12,22H,1-2H3. The molecule has 1 aliphatic heterocycles. The molecule has 0 radical (unpaired) electrons. The number of ether oxygens (including phenoxy) is 2. The number of hydrogen-bond acceptors (Lipinski definition) is 6. The second-order valence-electron chi connectivity index (χ2n) is 6.48. The topological polar surface area (TPSA) is 64.0 Å². The number of aromatic nitrogens is 1. The molecule has 0 saturated heterocycles. The van der Waals surface area contributed by atoms with Crippen LogP contribution in [0.5, 0.6) is 11.6 Å². The molecule has 0 aliphatic carbocycles. The van der Waals surface area contributed by atoms with Crippen LogP contribution in [0.25, 0.3) is 0 Å². The number of rotatable bonds is 5. The van der Waals surface area contributed by atoms with Crippen molar-refractivity contribution < 1.29 is 23.0 Å². The molecule has 1 atom stereocenters. The Bertz CT molecular complexity index is 1150. The van der Waals surface area contributed by atoms with Crippen LogP contribution in [0.2, 0.25) is 0 Å². The first kappa shape index (κ1) is 20.8. The van der Waals surface area contributed by atoms with E-state index in [1.54, 1.807) is 30.5 Å². The van der Waals surface area contributed by atoms with Gasteiger partial charge in [0.05, 0.1) is 14.2 Å². The summed E-state index contributed by atoms with van der Waals surface area (Å²) in [4.78, 5) is 17.5. The fourth-order valence-corrected chi connectivity index (χ4v) is 4.26. The van der Waals surface area contributed by atoms with Crippen LogP contribution in [-0.2, 0) is 0 Å². The first-order chi connectivity index (χ1) is 15.0. The van der Waals surface area contributed by atoms with Crippen LogP contribution in [-0.4, -0.2) is 35.2 Å². The van der Waals surface area contributed by atoms with Crippen LogP contribution in [0.4, 0.5) is 8.78 Å². The summed E-state index contributed by atoms with van der Waals surface area (Å²) in [6, 6.07) is 13.3. The molecule has 1 aromatic heterocycles. The van der Waals surface area contributed by atoms with Crippen LogP contribution in [0.15, 0.2) is 65.9 Å². The van der Waals surface area contributed by atoms with Gasteiger partial charge in [-0.2, -0.15) is 5.10 Å². The number of hydrogen-bond donors (Lipinski definition) is 0. The van der Waals surface area contributed by atoms with Crippen LogP contribution in [0.3, 0.4) is 0 Å². The second kappa shape index (κ2) is 8.73. The van der Waals surface area contributed by atoms with Crippen molar-refractivity contribution in [3.05, 3.63) is 89.1 Å². The summed E-state index contributed by atoms with van der Waals surface area (Å²) >= 11 is 1.29. The first-order valence-corrected chi connectivity index (χ1v) is 10.1. The summed E-state index contributed by atoms with van der Waals surface area (Å²) in [5.41, 5.74) is 1.38. The van der Waals surface area contributed by atoms with Gasteiger partial charge in [-0.15, -0.1) is 0 Å². The highest BCUT2D eigenvalue weighted by Gasteiger charge is 2.36. The molecule has 158 valence electrons. The minimum Gasteiger partial charge on any atom is -0.494 e. The van der Waals surface area contributed by atoms with Gasteiger partial charge in [0.25, 0.3) is 5.91 Å². The van der Waals surface area contributed by atoms with Crippen molar-refractivity contribution in [3.8, 4) is 11.6 Å². The van der Waals surface area contributed by atoms with Crippen molar-refractivity contribution in [2.45, 2.75) is 5.37 Å². The number of methoxy groups -OCH3 is 2. The number of carbonyl (C=O) groups excluding carboxylic acids is 1. The number of pyridine rings is 1. The molecule has 0 fully saturated rings. The predicted octanol–water partition coefficient (Wildman–Crippen LogP) is 4.63. The molecular weight excluding hydrogens is 424 g/mol. The number of amides is 1. The zero-order valence-corrected chi connectivity index (χ0v) is 17.4. The Kier molecular flexibility index (Phi) is 5.85. The third kappa shape index (κ3) is 4.09.